The average molecular weight is 199 g/mol. The summed E-state index contributed by atoms with van der Waals surface area (Å²) in [4.78, 5) is 22.1. The summed E-state index contributed by atoms with van der Waals surface area (Å²) in [6.07, 6.45) is 3.53. The molecule has 1 aliphatic rings. The topological polar surface area (TPSA) is 66.4 Å². The molecular weight excluding hydrogens is 182 g/mol. The first-order chi connectivity index (χ1) is 6.63. The van der Waals surface area contributed by atoms with E-state index < -0.39 is 5.97 Å². The molecule has 4 nitrogen and oxygen atoms in total. The highest BCUT2D eigenvalue weighted by molar-refractivity contribution is 5.83. The lowest BCUT2D eigenvalue weighted by atomic mass is 9.99. The maximum Gasteiger partial charge on any atom is 0.304 e. The highest BCUT2D eigenvalue weighted by Crippen LogP contribution is 2.20. The number of aliphatic carboxylic acids is 1. The molecule has 1 saturated carbocycles. The molecule has 1 atom stereocenters. The molecule has 14 heavy (non-hydrogen) atoms. The van der Waals surface area contributed by atoms with Gasteiger partial charge in [0.2, 0.25) is 5.91 Å². The van der Waals surface area contributed by atoms with Crippen molar-refractivity contribution in [1.29, 1.82) is 0 Å². The summed E-state index contributed by atoms with van der Waals surface area (Å²) in [6.45, 7) is 1.96. The van der Waals surface area contributed by atoms with Crippen LogP contribution in [0.4, 0.5) is 0 Å². The van der Waals surface area contributed by atoms with E-state index in [0.29, 0.717) is 12.5 Å². The van der Waals surface area contributed by atoms with Crippen molar-refractivity contribution >= 4 is 11.9 Å². The third-order valence-corrected chi connectivity index (χ3v) is 2.35. The molecule has 0 spiro atoms. The Kier molecular flexibility index (Phi) is 3.92. The third kappa shape index (κ3) is 3.77. The maximum absolute atomic E-state index is 11.5. The number of carbonyl (C=O) groups excluding carboxylic acids is 1. The fourth-order valence-electron chi connectivity index (χ4n) is 1.43. The van der Waals surface area contributed by atoms with Crippen molar-refractivity contribution in [3.8, 4) is 0 Å². The lowest BCUT2D eigenvalue weighted by Gasteiger charge is -2.13. The zero-order valence-corrected chi connectivity index (χ0v) is 8.45. The van der Waals surface area contributed by atoms with E-state index in [0.717, 1.165) is 19.3 Å². The van der Waals surface area contributed by atoms with Crippen LogP contribution >= 0.6 is 0 Å². The minimum absolute atomic E-state index is 0.0492. The predicted molar refractivity (Wildman–Crippen MR) is 51.8 cm³/mol. The molecule has 1 amide bonds. The second-order valence-electron chi connectivity index (χ2n) is 3.87. The molecule has 1 rings (SSSR count). The highest BCUT2D eigenvalue weighted by Gasteiger charge is 2.28. The van der Waals surface area contributed by atoms with Gasteiger partial charge in [-0.1, -0.05) is 13.3 Å². The van der Waals surface area contributed by atoms with E-state index in [2.05, 4.69) is 5.32 Å². The largest absolute Gasteiger partial charge is 0.481 e. The molecule has 1 fully saturated rings. The monoisotopic (exact) mass is 199 g/mol. The van der Waals surface area contributed by atoms with Crippen molar-refractivity contribution in [1.82, 2.24) is 5.32 Å². The number of amides is 1. The Morgan fingerprint density at radius 1 is 1.50 bits per heavy atom. The van der Waals surface area contributed by atoms with Gasteiger partial charge in [-0.25, -0.2) is 0 Å². The Bertz CT molecular complexity index is 223. The van der Waals surface area contributed by atoms with Gasteiger partial charge >= 0.3 is 5.97 Å². The molecule has 1 unspecified atom stereocenters. The van der Waals surface area contributed by atoms with E-state index in [1.54, 1.807) is 0 Å². The lowest BCUT2D eigenvalue weighted by Crippen LogP contribution is -2.33. The van der Waals surface area contributed by atoms with Crippen LogP contribution in [0.3, 0.4) is 0 Å². The van der Waals surface area contributed by atoms with Crippen LogP contribution in [-0.2, 0) is 9.59 Å². The number of hydrogen-bond acceptors (Lipinski definition) is 2. The molecule has 0 saturated heterocycles. The zero-order valence-electron chi connectivity index (χ0n) is 8.45. The molecule has 0 aromatic heterocycles. The van der Waals surface area contributed by atoms with E-state index in [1.165, 1.54) is 0 Å². The number of carboxylic acids is 1. The molecule has 2 N–H and O–H groups in total. The van der Waals surface area contributed by atoms with Gasteiger partial charge in [0.15, 0.2) is 0 Å². The van der Waals surface area contributed by atoms with Crippen LogP contribution in [0, 0.1) is 5.92 Å². The predicted octanol–water partition coefficient (Wildman–Crippen LogP) is 1.16. The molecule has 0 radical (unpaired) electrons. The summed E-state index contributed by atoms with van der Waals surface area (Å²) in [6, 6.07) is 0.315. The number of carboxylic acid groups (broad SMARTS) is 1. The van der Waals surface area contributed by atoms with Crippen LogP contribution in [0.2, 0.25) is 0 Å². The fourth-order valence-corrected chi connectivity index (χ4v) is 1.43. The van der Waals surface area contributed by atoms with Crippen LogP contribution in [0.5, 0.6) is 0 Å². The molecule has 0 aromatic rings. The van der Waals surface area contributed by atoms with Crippen LogP contribution in [0.25, 0.3) is 0 Å². The Morgan fingerprint density at radius 2 is 2.14 bits per heavy atom. The Labute approximate surface area is 83.7 Å². The normalized spacial score (nSPS) is 17.5. The average Bonchev–Trinajstić information content (AvgIpc) is 2.86. The minimum atomic E-state index is -0.894. The first kappa shape index (κ1) is 11.0. The standard InChI is InChI=1S/C10H17NO3/c1-2-3-7(6-9(12)13)10(14)11-8-4-5-8/h7-8H,2-6H2,1H3,(H,11,14)(H,12,13). The molecular formula is C10H17NO3. The molecule has 80 valence electrons. The summed E-state index contributed by atoms with van der Waals surface area (Å²) in [5.74, 6) is -1.33. The number of nitrogens with one attached hydrogen (secondary N) is 1. The smallest absolute Gasteiger partial charge is 0.304 e. The van der Waals surface area contributed by atoms with Crippen LogP contribution in [0.1, 0.15) is 39.0 Å². The Balaban J connectivity index is 2.37. The molecule has 0 aromatic carbocycles. The van der Waals surface area contributed by atoms with Gasteiger partial charge in [0.05, 0.1) is 6.42 Å². The van der Waals surface area contributed by atoms with Gasteiger partial charge in [-0.2, -0.15) is 0 Å². The minimum Gasteiger partial charge on any atom is -0.481 e. The van der Waals surface area contributed by atoms with Crippen molar-refractivity contribution in [2.45, 2.75) is 45.1 Å². The molecule has 0 bridgehead atoms. The van der Waals surface area contributed by atoms with E-state index in [9.17, 15) is 9.59 Å². The molecule has 1 aliphatic carbocycles. The quantitative estimate of drug-likeness (QED) is 0.674. The van der Waals surface area contributed by atoms with Gasteiger partial charge in [0.1, 0.15) is 0 Å². The molecule has 4 heteroatoms. The van der Waals surface area contributed by atoms with Crippen molar-refractivity contribution in [3.05, 3.63) is 0 Å². The van der Waals surface area contributed by atoms with Crippen LogP contribution < -0.4 is 5.32 Å². The second kappa shape index (κ2) is 4.98. The van der Waals surface area contributed by atoms with E-state index in [-0.39, 0.29) is 18.2 Å². The second-order valence-corrected chi connectivity index (χ2v) is 3.87. The van der Waals surface area contributed by atoms with Crippen molar-refractivity contribution < 1.29 is 14.7 Å². The first-order valence-corrected chi connectivity index (χ1v) is 5.15. The van der Waals surface area contributed by atoms with Crippen molar-refractivity contribution in [2.24, 2.45) is 5.92 Å². The van der Waals surface area contributed by atoms with Crippen molar-refractivity contribution in [3.63, 3.8) is 0 Å². The SMILES string of the molecule is CCCC(CC(=O)O)C(=O)NC1CC1. The summed E-state index contributed by atoms with van der Waals surface area (Å²) >= 11 is 0. The maximum atomic E-state index is 11.5. The van der Waals surface area contributed by atoms with E-state index in [4.69, 9.17) is 5.11 Å². The summed E-state index contributed by atoms with van der Waals surface area (Å²) in [5.41, 5.74) is 0. The van der Waals surface area contributed by atoms with Gasteiger partial charge < -0.3 is 10.4 Å². The summed E-state index contributed by atoms with van der Waals surface area (Å²) < 4.78 is 0. The van der Waals surface area contributed by atoms with Gasteiger partial charge in [-0.05, 0) is 19.3 Å². The number of carbonyl (C=O) groups is 2. The number of rotatable bonds is 6. The Morgan fingerprint density at radius 3 is 2.57 bits per heavy atom. The van der Waals surface area contributed by atoms with Crippen LogP contribution in [-0.4, -0.2) is 23.0 Å². The van der Waals surface area contributed by atoms with E-state index in [1.807, 2.05) is 6.92 Å². The molecule has 0 heterocycles. The van der Waals surface area contributed by atoms with Crippen LogP contribution in [0.15, 0.2) is 0 Å². The lowest BCUT2D eigenvalue weighted by molar-refractivity contribution is -0.141. The molecule has 0 aliphatic heterocycles. The summed E-state index contributed by atoms with van der Waals surface area (Å²) in [7, 11) is 0. The van der Waals surface area contributed by atoms with Gasteiger partial charge in [0, 0.05) is 12.0 Å². The highest BCUT2D eigenvalue weighted by atomic mass is 16.4. The third-order valence-electron chi connectivity index (χ3n) is 2.35. The fraction of sp³-hybridized carbons (Fsp3) is 0.800. The van der Waals surface area contributed by atoms with Gasteiger partial charge in [0.25, 0.3) is 0 Å². The summed E-state index contributed by atoms with van der Waals surface area (Å²) in [5, 5.41) is 11.5. The number of hydrogen-bond donors (Lipinski definition) is 2. The van der Waals surface area contributed by atoms with Gasteiger partial charge in [-0.15, -0.1) is 0 Å². The Hall–Kier alpha value is -1.06. The zero-order chi connectivity index (χ0) is 10.6. The van der Waals surface area contributed by atoms with E-state index >= 15 is 0 Å². The van der Waals surface area contributed by atoms with Gasteiger partial charge in [-0.3, -0.25) is 9.59 Å². The first-order valence-electron chi connectivity index (χ1n) is 5.15. The van der Waals surface area contributed by atoms with Crippen molar-refractivity contribution in [2.75, 3.05) is 0 Å².